The van der Waals surface area contributed by atoms with Crippen molar-refractivity contribution in [3.05, 3.63) is 137 Å². The molecule has 40 heavy (non-hydrogen) atoms. The lowest BCUT2D eigenvalue weighted by Crippen LogP contribution is -2.21. The minimum absolute atomic E-state index is 0.139. The van der Waals surface area contributed by atoms with E-state index < -0.39 is 0 Å². The number of anilines is 3. The number of hydrogen-bond acceptors (Lipinski definition) is 2. The molecular weight excluding hydrogens is 484 g/mol. The van der Waals surface area contributed by atoms with Crippen molar-refractivity contribution in [2.75, 3.05) is 23.3 Å². The van der Waals surface area contributed by atoms with Crippen molar-refractivity contribution in [1.29, 1.82) is 0 Å². The van der Waals surface area contributed by atoms with Gasteiger partial charge in [0.2, 0.25) is 0 Å². The van der Waals surface area contributed by atoms with Gasteiger partial charge in [0, 0.05) is 41.5 Å². The Hall–Kier alpha value is -4.04. The van der Waals surface area contributed by atoms with Crippen LogP contribution in [0.5, 0.6) is 0 Å². The molecule has 0 spiro atoms. The lowest BCUT2D eigenvalue weighted by molar-refractivity contribution is 0.734. The minimum Gasteiger partial charge on any atom is -0.372 e. The highest BCUT2D eigenvalue weighted by Gasteiger charge is 2.20. The van der Waals surface area contributed by atoms with E-state index >= 15 is 0 Å². The van der Waals surface area contributed by atoms with Crippen molar-refractivity contribution in [1.82, 2.24) is 0 Å². The molecule has 5 rings (SSSR count). The van der Waals surface area contributed by atoms with Crippen LogP contribution in [-0.2, 0) is 0 Å². The fourth-order valence-corrected chi connectivity index (χ4v) is 5.75. The Morgan fingerprint density at radius 1 is 0.625 bits per heavy atom. The van der Waals surface area contributed by atoms with E-state index in [1.165, 1.54) is 44.3 Å². The highest BCUT2D eigenvalue weighted by atomic mass is 15.1. The predicted molar refractivity (Wildman–Crippen MR) is 175 cm³/mol. The molecule has 0 fully saturated rings. The standard InChI is InChI=1S/C38H42N2/c1-6-28(5)29-17-21-32(22-18-29)39-37-26-25-36(34-11-9-10-12-35(34)37)38(30-15-13-27(4)14-16-30)31-19-23-33(24-20-31)40(7-2)8-3/h9-26,28,38-39H,6-8H2,1-5H3. The lowest BCUT2D eigenvalue weighted by Gasteiger charge is -2.25. The third kappa shape index (κ3) is 5.77. The van der Waals surface area contributed by atoms with Crippen LogP contribution in [0, 0.1) is 6.92 Å². The number of rotatable bonds is 10. The summed E-state index contributed by atoms with van der Waals surface area (Å²) in [6.45, 7) is 13.1. The fraction of sp³-hybridized carbons (Fsp3) is 0.263. The van der Waals surface area contributed by atoms with E-state index in [0.29, 0.717) is 5.92 Å². The van der Waals surface area contributed by atoms with E-state index in [0.717, 1.165) is 30.9 Å². The first-order chi connectivity index (χ1) is 19.5. The summed E-state index contributed by atoms with van der Waals surface area (Å²) in [4.78, 5) is 2.40. The van der Waals surface area contributed by atoms with Crippen LogP contribution >= 0.6 is 0 Å². The maximum atomic E-state index is 3.71. The summed E-state index contributed by atoms with van der Waals surface area (Å²) in [5.41, 5.74) is 10.2. The molecule has 2 heteroatoms. The normalized spacial score (nSPS) is 12.7. The first kappa shape index (κ1) is 27.5. The van der Waals surface area contributed by atoms with Crippen LogP contribution < -0.4 is 10.2 Å². The van der Waals surface area contributed by atoms with Crippen molar-refractivity contribution in [3.63, 3.8) is 0 Å². The Morgan fingerprint density at radius 2 is 1.20 bits per heavy atom. The largest absolute Gasteiger partial charge is 0.372 e. The van der Waals surface area contributed by atoms with Gasteiger partial charge in [0.1, 0.15) is 0 Å². The zero-order valence-corrected chi connectivity index (χ0v) is 24.6. The topological polar surface area (TPSA) is 15.3 Å². The van der Waals surface area contributed by atoms with E-state index in [1.54, 1.807) is 0 Å². The van der Waals surface area contributed by atoms with E-state index in [1.807, 2.05) is 0 Å². The zero-order valence-electron chi connectivity index (χ0n) is 24.6. The molecule has 0 heterocycles. The number of aryl methyl sites for hydroxylation is 1. The summed E-state index contributed by atoms with van der Waals surface area (Å²) in [5.74, 6) is 0.717. The molecule has 0 aliphatic heterocycles. The lowest BCUT2D eigenvalue weighted by atomic mass is 9.82. The van der Waals surface area contributed by atoms with Gasteiger partial charge in [-0.05, 0) is 91.1 Å². The Kier molecular flexibility index (Phi) is 8.55. The van der Waals surface area contributed by atoms with Gasteiger partial charge in [0.05, 0.1) is 0 Å². The molecule has 2 atom stereocenters. The first-order valence-corrected chi connectivity index (χ1v) is 14.8. The number of nitrogens with zero attached hydrogens (tertiary/aromatic N) is 1. The second-order valence-electron chi connectivity index (χ2n) is 10.9. The molecule has 0 aromatic heterocycles. The van der Waals surface area contributed by atoms with Crippen LogP contribution in [-0.4, -0.2) is 13.1 Å². The molecule has 0 aliphatic carbocycles. The van der Waals surface area contributed by atoms with Crippen LogP contribution in [0.1, 0.15) is 73.8 Å². The van der Waals surface area contributed by atoms with Gasteiger partial charge in [0.25, 0.3) is 0 Å². The Morgan fingerprint density at radius 3 is 1.80 bits per heavy atom. The summed E-state index contributed by atoms with van der Waals surface area (Å²) in [6, 6.07) is 40.5. The molecule has 204 valence electrons. The van der Waals surface area contributed by atoms with Crippen LogP contribution in [0.15, 0.2) is 109 Å². The summed E-state index contributed by atoms with van der Waals surface area (Å²) < 4.78 is 0. The predicted octanol–water partition coefficient (Wildman–Crippen LogP) is 10.4. The second kappa shape index (κ2) is 12.4. The number of hydrogen-bond donors (Lipinski definition) is 1. The van der Waals surface area contributed by atoms with Crippen molar-refractivity contribution >= 4 is 27.8 Å². The van der Waals surface area contributed by atoms with Gasteiger partial charge in [0.15, 0.2) is 0 Å². The third-order valence-electron chi connectivity index (χ3n) is 8.41. The molecule has 0 amide bonds. The molecule has 0 aliphatic rings. The van der Waals surface area contributed by atoms with Crippen molar-refractivity contribution in [2.45, 2.75) is 52.9 Å². The molecule has 2 unspecified atom stereocenters. The maximum absolute atomic E-state index is 3.71. The molecule has 2 nitrogen and oxygen atoms in total. The van der Waals surface area contributed by atoms with Gasteiger partial charge in [-0.2, -0.15) is 0 Å². The Balaban J connectivity index is 1.57. The Bertz CT molecular complexity index is 1530. The first-order valence-electron chi connectivity index (χ1n) is 14.8. The molecule has 0 radical (unpaired) electrons. The van der Waals surface area contributed by atoms with Crippen LogP contribution in [0.4, 0.5) is 17.1 Å². The minimum atomic E-state index is 0.139. The molecule has 5 aromatic rings. The van der Waals surface area contributed by atoms with Gasteiger partial charge < -0.3 is 10.2 Å². The molecule has 5 aromatic carbocycles. The van der Waals surface area contributed by atoms with Crippen molar-refractivity contribution < 1.29 is 0 Å². The molecule has 0 bridgehead atoms. The van der Waals surface area contributed by atoms with Crippen LogP contribution in [0.2, 0.25) is 0 Å². The highest BCUT2D eigenvalue weighted by molar-refractivity contribution is 5.98. The fourth-order valence-electron chi connectivity index (χ4n) is 5.75. The molecule has 0 saturated heterocycles. The molecule has 0 saturated carbocycles. The molecular formula is C38H42N2. The summed E-state index contributed by atoms with van der Waals surface area (Å²) in [6.07, 6.45) is 1.15. The van der Waals surface area contributed by atoms with Crippen molar-refractivity contribution in [3.8, 4) is 0 Å². The zero-order chi connectivity index (χ0) is 28.1. The van der Waals surface area contributed by atoms with E-state index in [4.69, 9.17) is 0 Å². The monoisotopic (exact) mass is 526 g/mol. The molecule has 1 N–H and O–H groups in total. The van der Waals surface area contributed by atoms with Crippen molar-refractivity contribution in [2.24, 2.45) is 0 Å². The van der Waals surface area contributed by atoms with Gasteiger partial charge in [-0.3, -0.25) is 0 Å². The number of fused-ring (bicyclic) bond motifs is 1. The number of benzene rings is 5. The summed E-state index contributed by atoms with van der Waals surface area (Å²) in [7, 11) is 0. The smallest absolute Gasteiger partial charge is 0.0464 e. The summed E-state index contributed by atoms with van der Waals surface area (Å²) in [5, 5.41) is 6.23. The third-order valence-corrected chi connectivity index (χ3v) is 8.41. The Labute approximate surface area is 240 Å². The van der Waals surface area contributed by atoms with E-state index in [9.17, 15) is 0 Å². The van der Waals surface area contributed by atoms with Gasteiger partial charge in [-0.25, -0.2) is 0 Å². The maximum Gasteiger partial charge on any atom is 0.0464 e. The second-order valence-corrected chi connectivity index (χ2v) is 10.9. The number of nitrogens with one attached hydrogen (secondary N) is 1. The average molecular weight is 527 g/mol. The average Bonchev–Trinajstić information content (AvgIpc) is 3.00. The van der Waals surface area contributed by atoms with E-state index in [2.05, 4.69) is 154 Å². The SMILES string of the molecule is CCC(C)c1ccc(Nc2ccc(C(c3ccc(C)cc3)c3ccc(N(CC)CC)cc3)c3ccccc23)cc1. The highest BCUT2D eigenvalue weighted by Crippen LogP contribution is 2.39. The quantitative estimate of drug-likeness (QED) is 0.182. The van der Waals surface area contributed by atoms with E-state index in [-0.39, 0.29) is 5.92 Å². The van der Waals surface area contributed by atoms with Crippen LogP contribution in [0.25, 0.3) is 10.8 Å². The van der Waals surface area contributed by atoms with Gasteiger partial charge in [-0.1, -0.05) is 98.3 Å². The summed E-state index contributed by atoms with van der Waals surface area (Å²) >= 11 is 0. The van der Waals surface area contributed by atoms with Gasteiger partial charge in [-0.15, -0.1) is 0 Å². The van der Waals surface area contributed by atoms with Crippen LogP contribution in [0.3, 0.4) is 0 Å². The van der Waals surface area contributed by atoms with Gasteiger partial charge >= 0.3 is 0 Å².